The Bertz CT molecular complexity index is 523. The number of carbonyl (C=O) groups is 1. The maximum atomic E-state index is 11.9. The first-order valence-corrected chi connectivity index (χ1v) is 5.98. The fourth-order valence-corrected chi connectivity index (χ4v) is 1.77. The van der Waals surface area contributed by atoms with Crippen LogP contribution in [0.5, 0.6) is 0 Å². The van der Waals surface area contributed by atoms with Crippen molar-refractivity contribution < 1.29 is 9.72 Å². The molecule has 0 bridgehead atoms. The van der Waals surface area contributed by atoms with E-state index in [1.54, 1.807) is 6.07 Å². The van der Waals surface area contributed by atoms with Gasteiger partial charge in [0, 0.05) is 11.6 Å². The third kappa shape index (κ3) is 4.63. The van der Waals surface area contributed by atoms with Crippen molar-refractivity contribution in [1.29, 1.82) is 0 Å². The summed E-state index contributed by atoms with van der Waals surface area (Å²) in [6, 6.07) is 5.71. The Morgan fingerprint density at radius 1 is 1.32 bits per heavy atom. The minimum absolute atomic E-state index is 0.0226. The number of nitro benzene ring substituents is 1. The van der Waals surface area contributed by atoms with Crippen LogP contribution in [0.3, 0.4) is 0 Å². The van der Waals surface area contributed by atoms with Gasteiger partial charge in [0.05, 0.1) is 4.92 Å². The fourth-order valence-electron chi connectivity index (χ4n) is 1.37. The molecule has 0 aromatic heterocycles. The summed E-state index contributed by atoms with van der Waals surface area (Å²) >= 11 is 4.97. The van der Waals surface area contributed by atoms with Crippen LogP contribution in [0.4, 0.5) is 5.69 Å². The number of para-hydroxylation sites is 1. The second-order valence-corrected chi connectivity index (χ2v) is 5.34. The molecule has 2 N–H and O–H groups in total. The number of nitrogens with zero attached hydrogens (tertiary/aromatic N) is 1. The highest BCUT2D eigenvalue weighted by atomic mass is 32.1. The number of carbonyl (C=O) groups excluding carboxylic acids is 1. The van der Waals surface area contributed by atoms with E-state index in [2.05, 4.69) is 10.6 Å². The Kier molecular flexibility index (Phi) is 4.55. The second-order valence-electron chi connectivity index (χ2n) is 4.93. The predicted molar refractivity (Wildman–Crippen MR) is 76.0 cm³/mol. The van der Waals surface area contributed by atoms with Gasteiger partial charge in [-0.1, -0.05) is 12.1 Å². The van der Waals surface area contributed by atoms with Gasteiger partial charge in [-0.2, -0.15) is 0 Å². The van der Waals surface area contributed by atoms with Crippen LogP contribution in [0, 0.1) is 10.1 Å². The number of thiocarbonyl (C=S) groups is 1. The predicted octanol–water partition coefficient (Wildman–Crippen LogP) is 2.00. The van der Waals surface area contributed by atoms with Crippen molar-refractivity contribution >= 4 is 28.9 Å². The van der Waals surface area contributed by atoms with Gasteiger partial charge in [-0.3, -0.25) is 20.2 Å². The molecule has 0 unspecified atom stereocenters. The van der Waals surface area contributed by atoms with E-state index in [1.165, 1.54) is 18.2 Å². The lowest BCUT2D eigenvalue weighted by molar-refractivity contribution is -0.385. The van der Waals surface area contributed by atoms with Gasteiger partial charge in [0.25, 0.3) is 11.6 Å². The number of nitrogens with one attached hydrogen (secondary N) is 2. The Morgan fingerprint density at radius 2 is 1.89 bits per heavy atom. The Labute approximate surface area is 116 Å². The molecule has 1 aromatic carbocycles. The van der Waals surface area contributed by atoms with Crippen LogP contribution in [0.15, 0.2) is 24.3 Å². The minimum Gasteiger partial charge on any atom is -0.358 e. The van der Waals surface area contributed by atoms with Crippen molar-refractivity contribution in [2.24, 2.45) is 0 Å². The molecule has 0 spiro atoms. The molecule has 1 aromatic rings. The van der Waals surface area contributed by atoms with Crippen LogP contribution >= 0.6 is 12.2 Å². The second kappa shape index (κ2) is 5.75. The van der Waals surface area contributed by atoms with Gasteiger partial charge in [-0.05, 0) is 39.1 Å². The molecule has 0 fully saturated rings. The molecular formula is C12H15N3O3S. The topological polar surface area (TPSA) is 84.3 Å². The molecule has 1 rings (SSSR count). The summed E-state index contributed by atoms with van der Waals surface area (Å²) in [5.74, 6) is -0.603. The number of amides is 1. The van der Waals surface area contributed by atoms with Crippen LogP contribution in [0.2, 0.25) is 0 Å². The zero-order valence-electron chi connectivity index (χ0n) is 10.9. The van der Waals surface area contributed by atoms with Crippen molar-refractivity contribution in [3.05, 3.63) is 39.9 Å². The third-order valence-corrected chi connectivity index (χ3v) is 2.27. The van der Waals surface area contributed by atoms with E-state index in [0.29, 0.717) is 0 Å². The molecule has 1 amide bonds. The number of nitro groups is 1. The third-order valence-electron chi connectivity index (χ3n) is 2.06. The van der Waals surface area contributed by atoms with Gasteiger partial charge < -0.3 is 5.32 Å². The molecule has 0 saturated heterocycles. The number of hydrogen-bond acceptors (Lipinski definition) is 4. The van der Waals surface area contributed by atoms with E-state index in [9.17, 15) is 14.9 Å². The lowest BCUT2D eigenvalue weighted by Crippen LogP contribution is -2.48. The molecule has 19 heavy (non-hydrogen) atoms. The summed E-state index contributed by atoms with van der Waals surface area (Å²) in [6.07, 6.45) is 0. The molecule has 6 nitrogen and oxygen atoms in total. The van der Waals surface area contributed by atoms with Gasteiger partial charge in [0.1, 0.15) is 5.56 Å². The zero-order valence-corrected chi connectivity index (χ0v) is 11.7. The van der Waals surface area contributed by atoms with Crippen molar-refractivity contribution in [1.82, 2.24) is 10.6 Å². The lowest BCUT2D eigenvalue weighted by Gasteiger charge is -2.22. The van der Waals surface area contributed by atoms with Crippen molar-refractivity contribution in [3.8, 4) is 0 Å². The largest absolute Gasteiger partial charge is 0.358 e. The van der Waals surface area contributed by atoms with Crippen LogP contribution in [-0.4, -0.2) is 21.5 Å². The molecule has 0 aliphatic carbocycles. The monoisotopic (exact) mass is 281 g/mol. The molecule has 0 aliphatic heterocycles. The number of rotatable bonds is 2. The van der Waals surface area contributed by atoms with E-state index in [4.69, 9.17) is 12.2 Å². The van der Waals surface area contributed by atoms with Gasteiger partial charge in [0.2, 0.25) is 0 Å². The Morgan fingerprint density at radius 3 is 2.42 bits per heavy atom. The molecule has 102 valence electrons. The highest BCUT2D eigenvalue weighted by Gasteiger charge is 2.20. The summed E-state index contributed by atoms with van der Waals surface area (Å²) in [6.45, 7) is 5.66. The highest BCUT2D eigenvalue weighted by molar-refractivity contribution is 7.80. The zero-order chi connectivity index (χ0) is 14.6. The van der Waals surface area contributed by atoms with Crippen molar-refractivity contribution in [2.45, 2.75) is 26.3 Å². The quantitative estimate of drug-likeness (QED) is 0.492. The summed E-state index contributed by atoms with van der Waals surface area (Å²) in [7, 11) is 0. The van der Waals surface area contributed by atoms with Crippen LogP contribution in [0.25, 0.3) is 0 Å². The maximum absolute atomic E-state index is 11.9. The van der Waals surface area contributed by atoms with Crippen LogP contribution in [0.1, 0.15) is 31.1 Å². The first-order valence-electron chi connectivity index (χ1n) is 5.57. The normalized spacial score (nSPS) is 10.7. The van der Waals surface area contributed by atoms with E-state index in [1.807, 2.05) is 20.8 Å². The highest BCUT2D eigenvalue weighted by Crippen LogP contribution is 2.17. The average Bonchev–Trinajstić information content (AvgIpc) is 2.26. The smallest absolute Gasteiger partial charge is 0.282 e. The lowest BCUT2D eigenvalue weighted by atomic mass is 10.1. The molecule has 0 radical (unpaired) electrons. The van der Waals surface area contributed by atoms with Crippen LogP contribution < -0.4 is 10.6 Å². The first-order chi connectivity index (χ1) is 8.70. The maximum Gasteiger partial charge on any atom is 0.282 e. The van der Waals surface area contributed by atoms with E-state index < -0.39 is 10.8 Å². The molecule has 0 heterocycles. The van der Waals surface area contributed by atoms with E-state index in [0.717, 1.165) is 0 Å². The van der Waals surface area contributed by atoms with Gasteiger partial charge in [0.15, 0.2) is 5.11 Å². The summed E-state index contributed by atoms with van der Waals surface area (Å²) < 4.78 is 0. The first kappa shape index (κ1) is 15.0. The molecule has 7 heteroatoms. The number of benzene rings is 1. The SMILES string of the molecule is CC(C)(C)NC(=S)NC(=O)c1ccccc1[N+](=O)[O-]. The van der Waals surface area contributed by atoms with Gasteiger partial charge in [-0.15, -0.1) is 0 Å². The Balaban J connectivity index is 2.85. The van der Waals surface area contributed by atoms with Crippen molar-refractivity contribution in [3.63, 3.8) is 0 Å². The summed E-state index contributed by atoms with van der Waals surface area (Å²) in [5.41, 5.74) is -0.573. The number of hydrogen-bond donors (Lipinski definition) is 2. The fraction of sp³-hybridized carbons (Fsp3) is 0.333. The molecule has 0 saturated carbocycles. The summed E-state index contributed by atoms with van der Waals surface area (Å²) in [4.78, 5) is 22.1. The van der Waals surface area contributed by atoms with Crippen molar-refractivity contribution in [2.75, 3.05) is 0 Å². The average molecular weight is 281 g/mol. The minimum atomic E-state index is -0.603. The van der Waals surface area contributed by atoms with E-state index >= 15 is 0 Å². The van der Waals surface area contributed by atoms with Gasteiger partial charge in [-0.25, -0.2) is 0 Å². The summed E-state index contributed by atoms with van der Waals surface area (Å²) in [5, 5.41) is 16.3. The Hall–Kier alpha value is -2.02. The van der Waals surface area contributed by atoms with Gasteiger partial charge >= 0.3 is 0 Å². The standard InChI is InChI=1S/C12H15N3O3S/c1-12(2,3)14-11(19)13-10(16)8-6-4-5-7-9(8)15(17)18/h4-7H,1-3H3,(H2,13,14,16,19). The molecule has 0 aliphatic rings. The van der Waals surface area contributed by atoms with Crippen LogP contribution in [-0.2, 0) is 0 Å². The molecule has 0 atom stereocenters. The molecular weight excluding hydrogens is 266 g/mol. The van der Waals surface area contributed by atoms with E-state index in [-0.39, 0.29) is 21.9 Å².